The Bertz CT molecular complexity index is 1000. The summed E-state index contributed by atoms with van der Waals surface area (Å²) >= 11 is 0. The second-order valence-corrected chi connectivity index (χ2v) is 6.89. The fraction of sp³-hybridized carbons (Fsp3) is 0.318. The summed E-state index contributed by atoms with van der Waals surface area (Å²) in [6.45, 7) is 4.23. The van der Waals surface area contributed by atoms with Crippen molar-refractivity contribution < 1.29 is 23.8 Å². The molecule has 1 aliphatic heterocycles. The Labute approximate surface area is 163 Å². The van der Waals surface area contributed by atoms with E-state index in [0.717, 1.165) is 22.1 Å². The van der Waals surface area contributed by atoms with Crippen LogP contribution in [0.4, 0.5) is 0 Å². The number of phenolic OH excluding ortho intramolecular Hbond substituents is 1. The van der Waals surface area contributed by atoms with Crippen LogP contribution in [-0.4, -0.2) is 49.3 Å². The fourth-order valence-electron chi connectivity index (χ4n) is 3.71. The molecule has 1 N–H and O–H groups in total. The largest absolute Gasteiger partial charge is 0.504 e. The van der Waals surface area contributed by atoms with Crippen molar-refractivity contribution in [2.45, 2.75) is 12.8 Å². The van der Waals surface area contributed by atoms with Gasteiger partial charge in [0.1, 0.15) is 11.3 Å². The minimum Gasteiger partial charge on any atom is -0.504 e. The fourth-order valence-corrected chi connectivity index (χ4v) is 3.71. The summed E-state index contributed by atoms with van der Waals surface area (Å²) in [5, 5.41) is 10.8. The van der Waals surface area contributed by atoms with Crippen LogP contribution in [-0.2, 0) is 9.53 Å². The van der Waals surface area contributed by atoms with Gasteiger partial charge in [0.15, 0.2) is 11.5 Å². The van der Waals surface area contributed by atoms with Crippen LogP contribution >= 0.6 is 0 Å². The van der Waals surface area contributed by atoms with E-state index < -0.39 is 0 Å². The van der Waals surface area contributed by atoms with Gasteiger partial charge in [0.2, 0.25) is 5.91 Å². The van der Waals surface area contributed by atoms with Crippen molar-refractivity contribution in [2.75, 3.05) is 33.4 Å². The highest BCUT2D eigenvalue weighted by molar-refractivity contribution is 5.95. The van der Waals surface area contributed by atoms with Gasteiger partial charge in [0.05, 0.1) is 26.2 Å². The molecule has 1 amide bonds. The predicted molar refractivity (Wildman–Crippen MR) is 106 cm³/mol. The van der Waals surface area contributed by atoms with E-state index in [1.807, 2.05) is 36.1 Å². The molecule has 0 radical (unpaired) electrons. The van der Waals surface area contributed by atoms with Crippen LogP contribution in [0.3, 0.4) is 0 Å². The molecule has 4 rings (SSSR count). The van der Waals surface area contributed by atoms with Crippen LogP contribution in [0.15, 0.2) is 46.9 Å². The molecule has 146 valence electrons. The first-order chi connectivity index (χ1) is 13.6. The third-order valence-electron chi connectivity index (χ3n) is 5.20. The van der Waals surface area contributed by atoms with E-state index in [1.165, 1.54) is 7.11 Å². The number of nitrogens with zero attached hydrogens (tertiary/aromatic N) is 1. The standard InChI is InChI=1S/C22H23NO5/c1-14(22(25)23-9-11-27-12-10-23)20-16-5-3-4-6-18(16)28-21(20)15-7-8-17(24)19(13-15)26-2/h3-8,13-14,24H,9-12H2,1-2H3. The third kappa shape index (κ3) is 3.20. The van der Waals surface area contributed by atoms with E-state index in [9.17, 15) is 9.90 Å². The predicted octanol–water partition coefficient (Wildman–Crippen LogP) is 3.78. The molecule has 2 aromatic carbocycles. The molecule has 6 heteroatoms. The quantitative estimate of drug-likeness (QED) is 0.745. The summed E-state index contributed by atoms with van der Waals surface area (Å²) in [6.07, 6.45) is 0. The second-order valence-electron chi connectivity index (χ2n) is 6.89. The molecular weight excluding hydrogens is 358 g/mol. The monoisotopic (exact) mass is 381 g/mol. The zero-order valence-electron chi connectivity index (χ0n) is 16.0. The summed E-state index contributed by atoms with van der Waals surface area (Å²) in [7, 11) is 1.50. The number of para-hydroxylation sites is 1. The van der Waals surface area contributed by atoms with Crippen LogP contribution < -0.4 is 4.74 Å². The molecule has 0 saturated carbocycles. The van der Waals surface area contributed by atoms with Gasteiger partial charge in [-0.3, -0.25) is 4.79 Å². The van der Waals surface area contributed by atoms with Crippen molar-refractivity contribution >= 4 is 16.9 Å². The lowest BCUT2D eigenvalue weighted by Crippen LogP contribution is -2.42. The Morgan fingerprint density at radius 2 is 1.93 bits per heavy atom. The van der Waals surface area contributed by atoms with E-state index in [4.69, 9.17) is 13.9 Å². The van der Waals surface area contributed by atoms with E-state index in [1.54, 1.807) is 18.2 Å². The maximum Gasteiger partial charge on any atom is 0.230 e. The van der Waals surface area contributed by atoms with Crippen LogP contribution in [0.25, 0.3) is 22.3 Å². The Morgan fingerprint density at radius 3 is 2.68 bits per heavy atom. The Morgan fingerprint density at radius 1 is 1.18 bits per heavy atom. The van der Waals surface area contributed by atoms with Gasteiger partial charge in [-0.1, -0.05) is 18.2 Å². The number of fused-ring (bicyclic) bond motifs is 1. The Kier molecular flexibility index (Phi) is 4.96. The lowest BCUT2D eigenvalue weighted by Gasteiger charge is -2.29. The van der Waals surface area contributed by atoms with Crippen LogP contribution in [0.2, 0.25) is 0 Å². The lowest BCUT2D eigenvalue weighted by atomic mass is 9.93. The van der Waals surface area contributed by atoms with Gasteiger partial charge in [-0.05, 0) is 31.2 Å². The van der Waals surface area contributed by atoms with Gasteiger partial charge in [-0.25, -0.2) is 0 Å². The second kappa shape index (κ2) is 7.56. The molecule has 0 aliphatic carbocycles. The normalized spacial score (nSPS) is 15.6. The lowest BCUT2D eigenvalue weighted by molar-refractivity contribution is -0.136. The number of hydrogen-bond donors (Lipinski definition) is 1. The molecule has 1 atom stereocenters. The highest BCUT2D eigenvalue weighted by Gasteiger charge is 2.29. The number of carbonyl (C=O) groups is 1. The van der Waals surface area contributed by atoms with Crippen LogP contribution in [0, 0.1) is 0 Å². The first-order valence-corrected chi connectivity index (χ1v) is 9.35. The Balaban J connectivity index is 1.82. The zero-order valence-corrected chi connectivity index (χ0v) is 16.0. The van der Waals surface area contributed by atoms with E-state index in [2.05, 4.69) is 0 Å². The van der Waals surface area contributed by atoms with Crippen molar-refractivity contribution in [3.05, 3.63) is 48.0 Å². The summed E-state index contributed by atoms with van der Waals surface area (Å²) in [5.74, 6) is 0.712. The van der Waals surface area contributed by atoms with Gasteiger partial charge in [-0.15, -0.1) is 0 Å². The summed E-state index contributed by atoms with van der Waals surface area (Å²) in [5.41, 5.74) is 2.32. The number of furan rings is 1. The highest BCUT2D eigenvalue weighted by atomic mass is 16.5. The van der Waals surface area contributed by atoms with E-state index in [0.29, 0.717) is 37.8 Å². The highest BCUT2D eigenvalue weighted by Crippen LogP contribution is 2.41. The maximum atomic E-state index is 13.2. The molecule has 0 bridgehead atoms. The molecule has 1 aliphatic rings. The molecule has 1 aromatic heterocycles. The summed E-state index contributed by atoms with van der Waals surface area (Å²) < 4.78 is 16.8. The number of amides is 1. The average molecular weight is 381 g/mol. The summed E-state index contributed by atoms with van der Waals surface area (Å²) in [4.78, 5) is 15.0. The Hall–Kier alpha value is -2.99. The number of rotatable bonds is 4. The molecule has 28 heavy (non-hydrogen) atoms. The number of benzene rings is 2. The van der Waals surface area contributed by atoms with Crippen molar-refractivity contribution in [3.8, 4) is 22.8 Å². The number of hydrogen-bond acceptors (Lipinski definition) is 5. The van der Waals surface area contributed by atoms with Crippen molar-refractivity contribution in [3.63, 3.8) is 0 Å². The van der Waals surface area contributed by atoms with Crippen molar-refractivity contribution in [1.82, 2.24) is 4.90 Å². The molecule has 3 aromatic rings. The van der Waals surface area contributed by atoms with Gasteiger partial charge in [0, 0.05) is 29.6 Å². The number of ether oxygens (including phenoxy) is 2. The van der Waals surface area contributed by atoms with E-state index >= 15 is 0 Å². The number of methoxy groups -OCH3 is 1. The van der Waals surface area contributed by atoms with Gasteiger partial charge in [-0.2, -0.15) is 0 Å². The van der Waals surface area contributed by atoms with E-state index in [-0.39, 0.29) is 17.6 Å². The number of phenols is 1. The number of morpholine rings is 1. The van der Waals surface area contributed by atoms with Crippen molar-refractivity contribution in [2.24, 2.45) is 0 Å². The topological polar surface area (TPSA) is 72.1 Å². The van der Waals surface area contributed by atoms with Crippen molar-refractivity contribution in [1.29, 1.82) is 0 Å². The molecular formula is C22H23NO5. The van der Waals surface area contributed by atoms with Crippen LogP contribution in [0.1, 0.15) is 18.4 Å². The molecule has 1 fully saturated rings. The number of aromatic hydroxyl groups is 1. The zero-order chi connectivity index (χ0) is 19.7. The first kappa shape index (κ1) is 18.4. The van der Waals surface area contributed by atoms with Gasteiger partial charge < -0.3 is 23.9 Å². The SMILES string of the molecule is COc1cc(-c2oc3ccccc3c2C(C)C(=O)N2CCOCC2)ccc1O. The third-order valence-corrected chi connectivity index (χ3v) is 5.20. The smallest absolute Gasteiger partial charge is 0.230 e. The van der Waals surface area contributed by atoms with Gasteiger partial charge >= 0.3 is 0 Å². The van der Waals surface area contributed by atoms with Gasteiger partial charge in [0.25, 0.3) is 0 Å². The maximum absolute atomic E-state index is 13.2. The molecule has 0 spiro atoms. The number of carbonyl (C=O) groups excluding carboxylic acids is 1. The molecule has 6 nitrogen and oxygen atoms in total. The average Bonchev–Trinajstić information content (AvgIpc) is 3.13. The molecule has 2 heterocycles. The molecule has 1 saturated heterocycles. The minimum atomic E-state index is -0.378. The first-order valence-electron chi connectivity index (χ1n) is 9.35. The van der Waals surface area contributed by atoms with Crippen LogP contribution in [0.5, 0.6) is 11.5 Å². The minimum absolute atomic E-state index is 0.0568. The molecule has 1 unspecified atom stereocenters. The summed E-state index contributed by atoms with van der Waals surface area (Å²) in [6, 6.07) is 12.8.